The molecule has 0 aliphatic carbocycles. The number of nitrogens with one attached hydrogen (secondary N) is 1. The first-order valence-electron chi connectivity index (χ1n) is 8.35. The molecule has 4 N–H and O–H groups in total. The number of halogens is 1. The molecule has 0 atom stereocenters. The number of azo groups is 1. The van der Waals surface area contributed by atoms with Crippen LogP contribution in [0.2, 0.25) is 5.02 Å². The van der Waals surface area contributed by atoms with Crippen LogP contribution in [0, 0.1) is 6.92 Å². The molecular weight excluding hydrogens is 396 g/mol. The summed E-state index contributed by atoms with van der Waals surface area (Å²) in [7, 11) is 0. The highest BCUT2D eigenvalue weighted by Gasteiger charge is 2.17. The predicted molar refractivity (Wildman–Crippen MR) is 113 cm³/mol. The lowest BCUT2D eigenvalue weighted by atomic mass is 10.1. The molecule has 2 aromatic heterocycles. The van der Waals surface area contributed by atoms with E-state index in [1.54, 1.807) is 24.3 Å². The highest BCUT2D eigenvalue weighted by atomic mass is 35.5. The average molecular weight is 411 g/mol. The lowest BCUT2D eigenvalue weighted by Gasteiger charge is -1.96. The molecule has 28 heavy (non-hydrogen) atoms. The van der Waals surface area contributed by atoms with Gasteiger partial charge in [-0.25, -0.2) is 0 Å². The van der Waals surface area contributed by atoms with Gasteiger partial charge in [0.2, 0.25) is 5.88 Å². The highest BCUT2D eigenvalue weighted by Crippen LogP contribution is 2.38. The van der Waals surface area contributed by atoms with Crippen molar-refractivity contribution in [2.45, 2.75) is 6.92 Å². The van der Waals surface area contributed by atoms with Crippen LogP contribution in [0.3, 0.4) is 0 Å². The van der Waals surface area contributed by atoms with Crippen molar-refractivity contribution in [2.75, 3.05) is 5.73 Å². The third-order valence-corrected chi connectivity index (χ3v) is 5.76. The highest BCUT2D eigenvalue weighted by molar-refractivity contribution is 7.18. The molecule has 0 bridgehead atoms. The quantitative estimate of drug-likeness (QED) is 0.357. The normalized spacial score (nSPS) is 11.5. The first kappa shape index (κ1) is 18.2. The summed E-state index contributed by atoms with van der Waals surface area (Å²) < 4.78 is 0. The number of rotatable bonds is 3. The number of nitrogens with zero attached hydrogens (tertiary/aromatic N) is 2. The second kappa shape index (κ2) is 7.10. The number of anilines is 1. The van der Waals surface area contributed by atoms with Gasteiger partial charge in [0.05, 0.1) is 11.2 Å². The van der Waals surface area contributed by atoms with Gasteiger partial charge in [-0.2, -0.15) is 0 Å². The SMILES string of the molecule is Cc1cccc2c(N=NC(=O)c3sc(-c4ccc(Cl)cc4)cc3N)c(O)[nH]c12. The van der Waals surface area contributed by atoms with Crippen LogP contribution in [-0.2, 0) is 0 Å². The summed E-state index contributed by atoms with van der Waals surface area (Å²) in [6.45, 7) is 1.91. The number of amides is 1. The number of nitrogens with two attached hydrogens (primary N) is 1. The first-order chi connectivity index (χ1) is 13.4. The molecule has 0 aliphatic heterocycles. The Kier molecular flexibility index (Phi) is 4.62. The zero-order valence-corrected chi connectivity index (χ0v) is 16.3. The molecule has 4 aromatic rings. The van der Waals surface area contributed by atoms with Crippen molar-refractivity contribution < 1.29 is 9.90 Å². The molecular formula is C20H15ClN4O2S. The lowest BCUT2D eigenvalue weighted by Crippen LogP contribution is -1.94. The number of para-hydroxylation sites is 1. The van der Waals surface area contributed by atoms with Crippen molar-refractivity contribution in [2.24, 2.45) is 10.2 Å². The maximum Gasteiger partial charge on any atom is 0.307 e. The monoisotopic (exact) mass is 410 g/mol. The van der Waals surface area contributed by atoms with E-state index in [1.165, 1.54) is 11.3 Å². The molecule has 0 unspecified atom stereocenters. The van der Waals surface area contributed by atoms with Crippen LogP contribution in [-0.4, -0.2) is 16.0 Å². The van der Waals surface area contributed by atoms with Crippen LogP contribution in [0.1, 0.15) is 15.2 Å². The molecule has 8 heteroatoms. The van der Waals surface area contributed by atoms with E-state index in [1.807, 2.05) is 31.2 Å². The van der Waals surface area contributed by atoms with Crippen LogP contribution in [0.15, 0.2) is 58.8 Å². The zero-order chi connectivity index (χ0) is 19.8. The molecule has 0 radical (unpaired) electrons. The lowest BCUT2D eigenvalue weighted by molar-refractivity contribution is 0.0999. The van der Waals surface area contributed by atoms with E-state index < -0.39 is 5.91 Å². The van der Waals surface area contributed by atoms with E-state index >= 15 is 0 Å². The van der Waals surface area contributed by atoms with E-state index in [9.17, 15) is 9.90 Å². The molecule has 0 aliphatic rings. The van der Waals surface area contributed by atoms with Crippen molar-refractivity contribution in [3.63, 3.8) is 0 Å². The van der Waals surface area contributed by atoms with Gasteiger partial charge in [0, 0.05) is 15.3 Å². The number of aryl methyl sites for hydroxylation is 1. The van der Waals surface area contributed by atoms with Crippen LogP contribution >= 0.6 is 22.9 Å². The number of thiophene rings is 1. The zero-order valence-electron chi connectivity index (χ0n) is 14.7. The Bertz CT molecular complexity index is 1230. The number of fused-ring (bicyclic) bond motifs is 1. The second-order valence-electron chi connectivity index (χ2n) is 6.23. The molecule has 0 spiro atoms. The summed E-state index contributed by atoms with van der Waals surface area (Å²) in [5, 5.41) is 19.2. The van der Waals surface area contributed by atoms with E-state index in [4.69, 9.17) is 17.3 Å². The Morgan fingerprint density at radius 2 is 1.96 bits per heavy atom. The number of aromatic hydroxyl groups is 1. The van der Waals surface area contributed by atoms with Crippen LogP contribution in [0.25, 0.3) is 21.3 Å². The molecule has 0 saturated carbocycles. The molecule has 1 amide bonds. The van der Waals surface area contributed by atoms with E-state index in [-0.39, 0.29) is 11.6 Å². The average Bonchev–Trinajstić information content (AvgIpc) is 3.21. The van der Waals surface area contributed by atoms with Crippen LogP contribution in [0.5, 0.6) is 5.88 Å². The Balaban J connectivity index is 1.65. The number of aromatic amines is 1. The maximum atomic E-state index is 12.5. The summed E-state index contributed by atoms with van der Waals surface area (Å²) >= 11 is 7.15. The molecule has 140 valence electrons. The Morgan fingerprint density at radius 1 is 1.21 bits per heavy atom. The van der Waals surface area contributed by atoms with Crippen molar-refractivity contribution in [1.82, 2.24) is 4.98 Å². The first-order valence-corrected chi connectivity index (χ1v) is 9.55. The molecule has 4 rings (SSSR count). The summed E-state index contributed by atoms with van der Waals surface area (Å²) in [5.74, 6) is -0.703. The Hall–Kier alpha value is -3.16. The van der Waals surface area contributed by atoms with Gasteiger partial charge in [0.1, 0.15) is 4.88 Å². The van der Waals surface area contributed by atoms with Gasteiger partial charge in [-0.15, -0.1) is 21.6 Å². The third-order valence-electron chi connectivity index (χ3n) is 4.32. The third kappa shape index (κ3) is 3.26. The number of benzene rings is 2. The molecule has 6 nitrogen and oxygen atoms in total. The van der Waals surface area contributed by atoms with Crippen molar-refractivity contribution in [1.29, 1.82) is 0 Å². The van der Waals surface area contributed by atoms with Gasteiger partial charge >= 0.3 is 5.91 Å². The number of hydrogen-bond acceptors (Lipinski definition) is 5. The number of aromatic nitrogens is 1. The minimum absolute atomic E-state index is 0.137. The number of H-pyrrole nitrogens is 1. The number of carbonyl (C=O) groups excluding carboxylic acids is 1. The molecule has 0 fully saturated rings. The van der Waals surface area contributed by atoms with Gasteiger partial charge in [-0.1, -0.05) is 41.9 Å². The Labute approximate surface area is 169 Å². The Morgan fingerprint density at radius 3 is 2.71 bits per heavy atom. The van der Waals surface area contributed by atoms with Crippen LogP contribution in [0.4, 0.5) is 11.4 Å². The number of carbonyl (C=O) groups is 1. The van der Waals surface area contributed by atoms with E-state index in [0.717, 1.165) is 21.5 Å². The van der Waals surface area contributed by atoms with Crippen molar-refractivity contribution in [3.05, 3.63) is 64.0 Å². The molecule has 2 aromatic carbocycles. The van der Waals surface area contributed by atoms with Crippen molar-refractivity contribution in [3.8, 4) is 16.3 Å². The minimum Gasteiger partial charge on any atom is -0.493 e. The largest absolute Gasteiger partial charge is 0.493 e. The van der Waals surface area contributed by atoms with Gasteiger partial charge in [-0.3, -0.25) is 4.79 Å². The fourth-order valence-corrected chi connectivity index (χ4v) is 4.00. The summed E-state index contributed by atoms with van der Waals surface area (Å²) in [6, 6.07) is 14.5. The van der Waals surface area contributed by atoms with Gasteiger partial charge in [0.15, 0.2) is 5.69 Å². The van der Waals surface area contributed by atoms with Gasteiger partial charge in [-0.05, 0) is 36.2 Å². The topological polar surface area (TPSA) is 104 Å². The van der Waals surface area contributed by atoms with Crippen molar-refractivity contribution >= 4 is 51.1 Å². The van der Waals surface area contributed by atoms with Gasteiger partial charge < -0.3 is 15.8 Å². The molecule has 0 saturated heterocycles. The smallest absolute Gasteiger partial charge is 0.307 e. The fraction of sp³-hybridized carbons (Fsp3) is 0.0500. The van der Waals surface area contributed by atoms with E-state index in [2.05, 4.69) is 15.2 Å². The summed E-state index contributed by atoms with van der Waals surface area (Å²) in [5.41, 5.74) is 9.17. The standard InChI is InChI=1S/C20H15ClN4O2S/c1-10-3-2-4-13-16(10)23-19(26)17(13)24-25-20(27)18-14(22)9-15(28-18)11-5-7-12(21)8-6-11/h2-9,23,26H,22H2,1H3. The number of nitrogen functional groups attached to an aromatic ring is 1. The maximum absolute atomic E-state index is 12.5. The summed E-state index contributed by atoms with van der Waals surface area (Å²) in [6.07, 6.45) is 0. The minimum atomic E-state index is -0.566. The second-order valence-corrected chi connectivity index (χ2v) is 7.72. The van der Waals surface area contributed by atoms with Gasteiger partial charge in [0.25, 0.3) is 0 Å². The molecule has 2 heterocycles. The summed E-state index contributed by atoms with van der Waals surface area (Å²) in [4.78, 5) is 16.5. The predicted octanol–water partition coefficient (Wildman–Crippen LogP) is 6.07. The number of hydrogen-bond donors (Lipinski definition) is 3. The van der Waals surface area contributed by atoms with E-state index in [0.29, 0.717) is 21.0 Å². The fourth-order valence-electron chi connectivity index (χ4n) is 2.91. The van der Waals surface area contributed by atoms with Crippen LogP contribution < -0.4 is 5.73 Å².